The number of hydrogen-bond acceptors (Lipinski definition) is 2. The summed E-state index contributed by atoms with van der Waals surface area (Å²) < 4.78 is 0. The monoisotopic (exact) mass is 243 g/mol. The van der Waals surface area contributed by atoms with Crippen molar-refractivity contribution in [2.45, 2.75) is 38.3 Å². The zero-order valence-corrected chi connectivity index (χ0v) is 10.6. The average molecular weight is 244 g/mol. The molecule has 0 amide bonds. The Morgan fingerprint density at radius 3 is 3.07 bits per heavy atom. The summed E-state index contributed by atoms with van der Waals surface area (Å²) in [7, 11) is 0. The molecule has 1 fully saturated rings. The maximum atomic E-state index is 6.05. The Balaban J connectivity index is 1.97. The van der Waals surface area contributed by atoms with E-state index >= 15 is 0 Å². The van der Waals surface area contributed by atoms with E-state index in [0.717, 1.165) is 12.4 Å². The molecule has 84 valence electrons. The number of hydrogen-bond donors (Lipinski definition) is 0. The Morgan fingerprint density at radius 1 is 1.40 bits per heavy atom. The molecule has 2 heterocycles. The maximum absolute atomic E-state index is 6.05. The highest BCUT2D eigenvalue weighted by molar-refractivity contribution is 7.09. The Labute approximate surface area is 101 Å². The van der Waals surface area contributed by atoms with Crippen LogP contribution in [0.4, 0.5) is 0 Å². The van der Waals surface area contributed by atoms with Crippen molar-refractivity contribution in [3.8, 4) is 0 Å². The third kappa shape index (κ3) is 3.20. The summed E-state index contributed by atoms with van der Waals surface area (Å²) in [6.45, 7) is 2.31. The van der Waals surface area contributed by atoms with Gasteiger partial charge in [0.1, 0.15) is 0 Å². The smallest absolute Gasteiger partial charge is 0.0379 e. The van der Waals surface area contributed by atoms with E-state index < -0.39 is 0 Å². The molecule has 1 aliphatic heterocycles. The number of alkyl halides is 1. The van der Waals surface area contributed by atoms with Gasteiger partial charge in [-0.25, -0.2) is 0 Å². The van der Waals surface area contributed by atoms with Gasteiger partial charge in [-0.2, -0.15) is 0 Å². The van der Waals surface area contributed by atoms with Crippen LogP contribution >= 0.6 is 22.9 Å². The van der Waals surface area contributed by atoms with Gasteiger partial charge in [-0.05, 0) is 30.8 Å². The van der Waals surface area contributed by atoms with E-state index in [1.165, 1.54) is 37.1 Å². The molecule has 1 saturated heterocycles. The van der Waals surface area contributed by atoms with Crippen LogP contribution in [-0.2, 0) is 6.54 Å². The van der Waals surface area contributed by atoms with E-state index in [-0.39, 0.29) is 0 Å². The highest BCUT2D eigenvalue weighted by atomic mass is 35.5. The van der Waals surface area contributed by atoms with Crippen molar-refractivity contribution < 1.29 is 0 Å². The van der Waals surface area contributed by atoms with Crippen molar-refractivity contribution in [1.29, 1.82) is 0 Å². The lowest BCUT2D eigenvalue weighted by atomic mass is 10.1. The van der Waals surface area contributed by atoms with Crippen molar-refractivity contribution in [1.82, 2.24) is 4.90 Å². The first kappa shape index (κ1) is 11.4. The lowest BCUT2D eigenvalue weighted by molar-refractivity contribution is 0.209. The van der Waals surface area contributed by atoms with E-state index in [1.807, 2.05) is 11.3 Å². The van der Waals surface area contributed by atoms with E-state index in [0.29, 0.717) is 6.04 Å². The fraction of sp³-hybridized carbons (Fsp3) is 0.667. The second-order valence-electron chi connectivity index (χ2n) is 4.21. The van der Waals surface area contributed by atoms with Gasteiger partial charge in [0, 0.05) is 23.3 Å². The third-order valence-corrected chi connectivity index (χ3v) is 4.33. The summed E-state index contributed by atoms with van der Waals surface area (Å²) in [6.07, 6.45) is 5.32. The molecule has 0 aromatic carbocycles. The Kier molecular flexibility index (Phi) is 4.48. The molecule has 0 bridgehead atoms. The van der Waals surface area contributed by atoms with Gasteiger partial charge in [0.15, 0.2) is 0 Å². The van der Waals surface area contributed by atoms with Crippen LogP contribution < -0.4 is 0 Å². The molecule has 1 unspecified atom stereocenters. The van der Waals surface area contributed by atoms with Gasteiger partial charge < -0.3 is 0 Å². The van der Waals surface area contributed by atoms with Crippen molar-refractivity contribution in [2.24, 2.45) is 0 Å². The summed E-state index contributed by atoms with van der Waals surface area (Å²) in [5, 5.41) is 2.16. The normalized spacial score (nSPS) is 23.9. The van der Waals surface area contributed by atoms with Gasteiger partial charge >= 0.3 is 0 Å². The first-order valence-electron chi connectivity index (χ1n) is 5.72. The summed E-state index contributed by atoms with van der Waals surface area (Å²) in [5.41, 5.74) is 0. The van der Waals surface area contributed by atoms with Gasteiger partial charge in [-0.15, -0.1) is 22.9 Å². The number of thiophene rings is 1. The molecule has 0 radical (unpaired) electrons. The molecule has 15 heavy (non-hydrogen) atoms. The lowest BCUT2D eigenvalue weighted by Crippen LogP contribution is -2.35. The second-order valence-corrected chi connectivity index (χ2v) is 5.55. The summed E-state index contributed by atoms with van der Waals surface area (Å²) >= 11 is 7.90. The molecule has 0 aliphatic carbocycles. The van der Waals surface area contributed by atoms with E-state index in [2.05, 4.69) is 22.4 Å². The molecule has 0 N–H and O–H groups in total. The highest BCUT2D eigenvalue weighted by Crippen LogP contribution is 2.21. The summed E-state index contributed by atoms with van der Waals surface area (Å²) in [4.78, 5) is 4.03. The first-order chi connectivity index (χ1) is 7.40. The predicted octanol–water partition coefficient (Wildman–Crippen LogP) is 3.73. The molecule has 1 atom stereocenters. The Bertz CT molecular complexity index is 273. The van der Waals surface area contributed by atoms with Crippen LogP contribution in [0.15, 0.2) is 17.5 Å². The van der Waals surface area contributed by atoms with Crippen LogP contribution in [0.5, 0.6) is 0 Å². The van der Waals surface area contributed by atoms with Gasteiger partial charge in [0.2, 0.25) is 0 Å². The van der Waals surface area contributed by atoms with Crippen molar-refractivity contribution >= 4 is 22.9 Å². The molecule has 1 aromatic heterocycles. The lowest BCUT2D eigenvalue weighted by Gasteiger charge is -2.27. The number of rotatable bonds is 3. The molecular weight excluding hydrogens is 226 g/mol. The van der Waals surface area contributed by atoms with E-state index in [1.54, 1.807) is 0 Å². The number of nitrogens with zero attached hydrogens (tertiary/aromatic N) is 1. The minimum atomic E-state index is 0.594. The maximum Gasteiger partial charge on any atom is 0.0379 e. The van der Waals surface area contributed by atoms with Crippen LogP contribution in [-0.4, -0.2) is 23.4 Å². The van der Waals surface area contributed by atoms with E-state index in [4.69, 9.17) is 11.6 Å². The number of likely N-dealkylation sites (tertiary alicyclic amines) is 1. The van der Waals surface area contributed by atoms with Gasteiger partial charge in [0.05, 0.1) is 0 Å². The zero-order chi connectivity index (χ0) is 10.5. The Hall–Kier alpha value is -0.0500. The zero-order valence-electron chi connectivity index (χ0n) is 8.99. The average Bonchev–Trinajstić information content (AvgIpc) is 2.64. The summed E-state index contributed by atoms with van der Waals surface area (Å²) in [5.74, 6) is 0.783. The van der Waals surface area contributed by atoms with Crippen LogP contribution in [0.1, 0.15) is 30.6 Å². The van der Waals surface area contributed by atoms with Crippen LogP contribution in [0.25, 0.3) is 0 Å². The minimum absolute atomic E-state index is 0.594. The van der Waals surface area contributed by atoms with Crippen LogP contribution in [0.2, 0.25) is 0 Å². The number of halogens is 1. The molecule has 1 aromatic rings. The standard InChI is InChI=1S/C12H18ClNS/c13-9-11-5-2-1-3-7-14(11)10-12-6-4-8-15-12/h4,6,8,11H,1-3,5,7,9-10H2. The van der Waals surface area contributed by atoms with Crippen molar-refractivity contribution in [3.63, 3.8) is 0 Å². The first-order valence-corrected chi connectivity index (χ1v) is 7.14. The molecular formula is C12H18ClNS. The van der Waals surface area contributed by atoms with Crippen molar-refractivity contribution in [3.05, 3.63) is 22.4 Å². The van der Waals surface area contributed by atoms with Crippen LogP contribution in [0, 0.1) is 0 Å². The second kappa shape index (κ2) is 5.88. The van der Waals surface area contributed by atoms with Crippen LogP contribution in [0.3, 0.4) is 0 Å². The predicted molar refractivity (Wildman–Crippen MR) is 67.7 cm³/mol. The molecule has 0 spiro atoms. The fourth-order valence-electron chi connectivity index (χ4n) is 2.22. The molecule has 3 heteroatoms. The summed E-state index contributed by atoms with van der Waals surface area (Å²) in [6, 6.07) is 4.95. The fourth-order valence-corrected chi connectivity index (χ4v) is 3.30. The SMILES string of the molecule is ClCC1CCCCCN1Cc1cccs1. The Morgan fingerprint density at radius 2 is 2.33 bits per heavy atom. The van der Waals surface area contributed by atoms with E-state index in [9.17, 15) is 0 Å². The molecule has 2 rings (SSSR count). The molecule has 0 saturated carbocycles. The topological polar surface area (TPSA) is 3.24 Å². The van der Waals surface area contributed by atoms with Gasteiger partial charge in [-0.3, -0.25) is 4.90 Å². The van der Waals surface area contributed by atoms with Gasteiger partial charge in [0.25, 0.3) is 0 Å². The quantitative estimate of drug-likeness (QED) is 0.732. The largest absolute Gasteiger partial charge is 0.294 e. The third-order valence-electron chi connectivity index (χ3n) is 3.12. The van der Waals surface area contributed by atoms with Gasteiger partial charge in [-0.1, -0.05) is 18.9 Å². The molecule has 1 nitrogen and oxygen atoms in total. The highest BCUT2D eigenvalue weighted by Gasteiger charge is 2.20. The minimum Gasteiger partial charge on any atom is -0.294 e. The van der Waals surface area contributed by atoms with Crippen molar-refractivity contribution in [2.75, 3.05) is 12.4 Å². The molecule has 1 aliphatic rings.